The van der Waals surface area contributed by atoms with Crippen LogP contribution in [-0.4, -0.2) is 36.5 Å². The van der Waals surface area contributed by atoms with Crippen LogP contribution in [0.25, 0.3) is 0 Å². The number of carbonyl (C=O) groups excluding carboxylic acids is 1. The van der Waals surface area contributed by atoms with E-state index in [9.17, 15) is 33.5 Å². The molecule has 4 N–H and O–H groups in total. The van der Waals surface area contributed by atoms with Gasteiger partial charge < -0.3 is 29.0 Å². The van der Waals surface area contributed by atoms with Crippen LogP contribution in [0, 0.1) is 6.92 Å². The van der Waals surface area contributed by atoms with Crippen molar-refractivity contribution in [3.05, 3.63) is 58.2 Å². The minimum atomic E-state index is -5.10. The molecular weight excluding hydrogens is 578 g/mol. The lowest BCUT2D eigenvalue weighted by Gasteiger charge is -2.37. The monoisotopic (exact) mass is 626 g/mol. The summed E-state index contributed by atoms with van der Waals surface area (Å²) in [6, 6.07) is 3.37. The van der Waals surface area contributed by atoms with Crippen molar-refractivity contribution < 1.29 is 43.0 Å². The number of aryl methyl sites for hydroxylation is 2. The van der Waals surface area contributed by atoms with E-state index in [1.54, 1.807) is 12.1 Å². The van der Waals surface area contributed by atoms with Crippen molar-refractivity contribution in [2.24, 2.45) is 0 Å². The lowest BCUT2D eigenvalue weighted by molar-refractivity contribution is -0.134. The number of fused-ring (bicyclic) bond motifs is 1. The van der Waals surface area contributed by atoms with Crippen molar-refractivity contribution in [1.29, 1.82) is 0 Å². The molecule has 1 atom stereocenters. The first-order chi connectivity index (χ1) is 19.4. The summed E-state index contributed by atoms with van der Waals surface area (Å²) in [6.45, 7) is 12.6. The zero-order valence-electron chi connectivity index (χ0n) is 25.8. The van der Waals surface area contributed by atoms with Gasteiger partial charge in [0.1, 0.15) is 17.1 Å². The third-order valence-electron chi connectivity index (χ3n) is 7.50. The van der Waals surface area contributed by atoms with Gasteiger partial charge in [0, 0.05) is 6.42 Å². The van der Waals surface area contributed by atoms with Crippen molar-refractivity contribution in [3.63, 3.8) is 0 Å². The zero-order chi connectivity index (χ0) is 31.7. The number of esters is 1. The fraction of sp³-hybridized carbons (Fsp3) is 0.581. The molecule has 1 heterocycles. The minimum Gasteiger partial charge on any atom is -0.487 e. The van der Waals surface area contributed by atoms with Crippen LogP contribution in [0.4, 0.5) is 0 Å². The first kappa shape index (κ1) is 36.2. The van der Waals surface area contributed by atoms with Gasteiger partial charge in [0.25, 0.3) is 0 Å². The molecule has 1 aliphatic heterocycles. The second-order valence-corrected chi connectivity index (χ2v) is 16.0. The quantitative estimate of drug-likeness (QED) is 0.0666. The van der Waals surface area contributed by atoms with E-state index < -0.39 is 39.4 Å². The first-order valence-electron chi connectivity index (χ1n) is 14.5. The Morgan fingerprint density at radius 2 is 1.52 bits per heavy atom. The van der Waals surface area contributed by atoms with E-state index in [4.69, 9.17) is 9.47 Å². The molecule has 1 aromatic carbocycles. The predicted molar refractivity (Wildman–Crippen MR) is 166 cm³/mol. The highest BCUT2D eigenvalue weighted by Gasteiger charge is 2.43. The van der Waals surface area contributed by atoms with E-state index in [0.29, 0.717) is 0 Å². The standard InChI is InChI=1S/C31H48O9P2/c1-22(2)10-7-11-23(3)12-8-13-24(4)14-9-18-31(6)19-17-26-21-27(20-25(5)30(26)40-31)39-28(32)15-16-29(41(33,34)35)42(36,37)38/h10,12,14,20-21,29H,7-9,11,13,15-19H2,1-6H3,(H2,33,34,35)(H2,36,37,38)/b23-12+,24-14+. The molecule has 0 spiro atoms. The van der Waals surface area contributed by atoms with Gasteiger partial charge in [-0.1, -0.05) is 34.9 Å². The maximum absolute atomic E-state index is 12.3. The first-order valence-corrected chi connectivity index (χ1v) is 17.8. The highest BCUT2D eigenvalue weighted by Crippen LogP contribution is 2.61. The van der Waals surface area contributed by atoms with Gasteiger partial charge in [-0.25, -0.2) is 0 Å². The molecule has 1 aliphatic rings. The second-order valence-electron chi connectivity index (χ2n) is 12.0. The number of allylic oxidation sites excluding steroid dienone is 6. The van der Waals surface area contributed by atoms with Crippen LogP contribution in [0.1, 0.15) is 104 Å². The summed E-state index contributed by atoms with van der Waals surface area (Å²) < 4.78 is 34.7. The molecule has 0 radical (unpaired) electrons. The molecule has 0 saturated heterocycles. The summed E-state index contributed by atoms with van der Waals surface area (Å²) in [7, 11) is -10.2. The fourth-order valence-corrected chi connectivity index (χ4v) is 7.50. The van der Waals surface area contributed by atoms with Crippen molar-refractivity contribution in [2.45, 2.75) is 117 Å². The number of ether oxygens (including phenoxy) is 2. The van der Waals surface area contributed by atoms with Gasteiger partial charge in [0.2, 0.25) is 0 Å². The topological polar surface area (TPSA) is 151 Å². The minimum absolute atomic E-state index is 0.257. The number of hydrogen-bond donors (Lipinski definition) is 4. The lowest BCUT2D eigenvalue weighted by atomic mass is 9.87. The van der Waals surface area contributed by atoms with E-state index in [1.807, 2.05) is 6.92 Å². The molecule has 236 valence electrons. The average Bonchev–Trinajstić information content (AvgIpc) is 2.83. The fourth-order valence-electron chi connectivity index (χ4n) is 5.00. The van der Waals surface area contributed by atoms with Crippen LogP contribution in [-0.2, 0) is 20.3 Å². The molecule has 0 amide bonds. The Hall–Kier alpha value is -1.99. The SMILES string of the molecule is CC(C)=CCC/C(C)=C/CC/C(C)=C/CCC1(C)CCc2cc(OC(=O)CCC(P(=O)(O)O)P(=O)(O)O)cc(C)c2O1. The molecule has 0 bridgehead atoms. The third-order valence-corrected chi connectivity index (χ3v) is 11.4. The Labute approximate surface area is 250 Å². The van der Waals surface area contributed by atoms with E-state index in [1.165, 1.54) is 16.7 Å². The van der Waals surface area contributed by atoms with Gasteiger partial charge >= 0.3 is 21.2 Å². The second kappa shape index (κ2) is 15.7. The Bertz CT molecular complexity index is 1260. The summed E-state index contributed by atoms with van der Waals surface area (Å²) in [5, 5.41) is -2.24. The van der Waals surface area contributed by atoms with Crippen LogP contribution in [0.2, 0.25) is 0 Å². The van der Waals surface area contributed by atoms with Gasteiger partial charge in [-0.05, 0) is 123 Å². The predicted octanol–water partition coefficient (Wildman–Crippen LogP) is 7.65. The Balaban J connectivity index is 1.91. The van der Waals surface area contributed by atoms with Crippen LogP contribution in [0.3, 0.4) is 0 Å². The molecule has 11 heteroatoms. The summed E-state index contributed by atoms with van der Waals surface area (Å²) in [6.07, 6.45) is 13.3. The van der Waals surface area contributed by atoms with Gasteiger partial charge in [-0.2, -0.15) is 0 Å². The maximum atomic E-state index is 12.3. The summed E-state index contributed by atoms with van der Waals surface area (Å²) in [4.78, 5) is 49.3. The molecule has 0 aromatic heterocycles. The van der Waals surface area contributed by atoms with Crippen molar-refractivity contribution in [1.82, 2.24) is 0 Å². The summed E-state index contributed by atoms with van der Waals surface area (Å²) in [5.74, 6) is 0.188. The molecule has 2 rings (SSSR count). The Morgan fingerprint density at radius 3 is 2.10 bits per heavy atom. The van der Waals surface area contributed by atoms with Crippen molar-refractivity contribution >= 4 is 21.2 Å². The van der Waals surface area contributed by atoms with Crippen LogP contribution in [0.5, 0.6) is 11.5 Å². The number of carbonyl (C=O) groups is 1. The highest BCUT2D eigenvalue weighted by molar-refractivity contribution is 7.70. The zero-order valence-corrected chi connectivity index (χ0v) is 27.5. The molecule has 1 aromatic rings. The summed E-state index contributed by atoms with van der Waals surface area (Å²) >= 11 is 0. The number of hydrogen-bond acceptors (Lipinski definition) is 5. The molecule has 0 fully saturated rings. The Morgan fingerprint density at radius 1 is 0.952 bits per heavy atom. The third kappa shape index (κ3) is 12.3. The number of benzene rings is 1. The largest absolute Gasteiger partial charge is 0.487 e. The Kier molecular flexibility index (Phi) is 13.5. The van der Waals surface area contributed by atoms with Crippen LogP contribution < -0.4 is 9.47 Å². The number of rotatable bonds is 15. The van der Waals surface area contributed by atoms with E-state index >= 15 is 0 Å². The molecule has 1 unspecified atom stereocenters. The van der Waals surface area contributed by atoms with Gasteiger partial charge in [-0.3, -0.25) is 13.9 Å². The van der Waals surface area contributed by atoms with Crippen LogP contribution >= 0.6 is 15.2 Å². The van der Waals surface area contributed by atoms with E-state index in [-0.39, 0.29) is 11.4 Å². The average molecular weight is 627 g/mol. The van der Waals surface area contributed by atoms with Gasteiger partial charge in [-0.15, -0.1) is 0 Å². The van der Waals surface area contributed by atoms with Crippen molar-refractivity contribution in [2.75, 3.05) is 0 Å². The summed E-state index contributed by atoms with van der Waals surface area (Å²) in [5.41, 5.74) is 5.54. The van der Waals surface area contributed by atoms with Gasteiger partial charge in [0.05, 0.1) is 0 Å². The molecular formula is C31H48O9P2. The smallest absolute Gasteiger partial charge is 0.340 e. The van der Waals surface area contributed by atoms with Crippen molar-refractivity contribution in [3.8, 4) is 11.5 Å². The maximum Gasteiger partial charge on any atom is 0.340 e. The van der Waals surface area contributed by atoms with Crippen LogP contribution in [0.15, 0.2) is 47.1 Å². The molecule has 0 aliphatic carbocycles. The van der Waals surface area contributed by atoms with Gasteiger partial charge in [0.15, 0.2) is 5.40 Å². The van der Waals surface area contributed by atoms with E-state index in [0.717, 1.165) is 68.2 Å². The molecule has 42 heavy (non-hydrogen) atoms. The van der Waals surface area contributed by atoms with E-state index in [2.05, 4.69) is 52.8 Å². The molecule has 0 saturated carbocycles. The normalized spacial score (nSPS) is 18.0. The molecule has 9 nitrogen and oxygen atoms in total. The highest BCUT2D eigenvalue weighted by atomic mass is 31.2. The lowest BCUT2D eigenvalue weighted by Crippen LogP contribution is -2.36.